The van der Waals surface area contributed by atoms with Gasteiger partial charge in [-0.25, -0.2) is 9.97 Å². The highest BCUT2D eigenvalue weighted by molar-refractivity contribution is 6.05. The summed E-state index contributed by atoms with van der Waals surface area (Å²) in [6, 6.07) is 10.4. The van der Waals surface area contributed by atoms with Crippen LogP contribution in [-0.4, -0.2) is 28.5 Å². The molecule has 1 N–H and O–H groups in total. The minimum atomic E-state index is -0.0351. The Bertz CT molecular complexity index is 783. The Balaban J connectivity index is 1.61. The minimum absolute atomic E-state index is 0.0351. The molecule has 1 saturated carbocycles. The van der Waals surface area contributed by atoms with E-state index >= 15 is 0 Å². The first-order valence-electron chi connectivity index (χ1n) is 9.23. The van der Waals surface area contributed by atoms with Crippen molar-refractivity contribution in [3.63, 3.8) is 0 Å². The predicted molar refractivity (Wildman–Crippen MR) is 99.1 cm³/mol. The van der Waals surface area contributed by atoms with Crippen molar-refractivity contribution in [2.45, 2.75) is 51.5 Å². The lowest BCUT2D eigenvalue weighted by molar-refractivity contribution is 0.0980. The molecular weight excluding hydrogens is 312 g/mol. The van der Waals surface area contributed by atoms with Gasteiger partial charge in [-0.15, -0.1) is 0 Å². The number of nitrogens with zero attached hydrogens (tertiary/aromatic N) is 3. The number of fused-ring (bicyclic) bond motifs is 1. The first-order valence-corrected chi connectivity index (χ1v) is 9.23. The Labute approximate surface area is 148 Å². The number of para-hydroxylation sites is 1. The number of benzene rings is 1. The molecule has 0 radical (unpaired) electrons. The van der Waals surface area contributed by atoms with E-state index in [1.54, 1.807) is 0 Å². The number of hydrogen-bond donors (Lipinski definition) is 1. The van der Waals surface area contributed by atoms with Crippen LogP contribution in [-0.2, 0) is 6.42 Å². The minimum Gasteiger partial charge on any atom is -0.367 e. The van der Waals surface area contributed by atoms with Crippen molar-refractivity contribution in [1.82, 2.24) is 9.97 Å². The van der Waals surface area contributed by atoms with Crippen molar-refractivity contribution in [3.8, 4) is 0 Å². The van der Waals surface area contributed by atoms with Crippen LogP contribution in [0.15, 0.2) is 30.3 Å². The zero-order valence-electron chi connectivity index (χ0n) is 14.7. The lowest BCUT2D eigenvalue weighted by atomic mass is 10.0. The van der Waals surface area contributed by atoms with E-state index in [1.807, 2.05) is 36.1 Å². The monoisotopic (exact) mass is 336 g/mol. The van der Waals surface area contributed by atoms with Gasteiger partial charge >= 0.3 is 0 Å². The lowest BCUT2D eigenvalue weighted by Gasteiger charge is -2.29. The molecule has 0 spiro atoms. The Kier molecular flexibility index (Phi) is 4.38. The Hall–Kier alpha value is -2.43. The summed E-state index contributed by atoms with van der Waals surface area (Å²) in [5, 5.41) is 3.48. The van der Waals surface area contributed by atoms with E-state index in [0.717, 1.165) is 30.9 Å². The van der Waals surface area contributed by atoms with Gasteiger partial charge in [-0.1, -0.05) is 31.0 Å². The molecule has 2 heterocycles. The average molecular weight is 336 g/mol. The molecule has 1 aliphatic carbocycles. The summed E-state index contributed by atoms with van der Waals surface area (Å²) in [5.41, 5.74) is 2.72. The van der Waals surface area contributed by atoms with Crippen LogP contribution in [0.5, 0.6) is 0 Å². The number of aryl methyl sites for hydroxylation is 2. The zero-order chi connectivity index (χ0) is 17.2. The van der Waals surface area contributed by atoms with E-state index in [-0.39, 0.29) is 5.91 Å². The number of anilines is 2. The predicted octanol–water partition coefficient (Wildman–Crippen LogP) is 3.73. The van der Waals surface area contributed by atoms with Crippen LogP contribution in [0.2, 0.25) is 0 Å². The van der Waals surface area contributed by atoms with Crippen molar-refractivity contribution in [2.24, 2.45) is 0 Å². The fraction of sp³-hybridized carbons (Fsp3) is 0.450. The SMILES string of the molecule is Cc1nc(NC2CCCC2)cc(C(=O)N2CCCc3ccccc32)n1. The molecule has 0 bridgehead atoms. The molecular formula is C20H24N4O. The molecule has 1 aromatic carbocycles. The highest BCUT2D eigenvalue weighted by Gasteiger charge is 2.25. The molecule has 1 fully saturated rings. The number of hydrogen-bond acceptors (Lipinski definition) is 4. The third-order valence-corrected chi connectivity index (χ3v) is 5.12. The van der Waals surface area contributed by atoms with Crippen molar-refractivity contribution in [3.05, 3.63) is 47.4 Å². The molecule has 25 heavy (non-hydrogen) atoms. The third kappa shape index (κ3) is 3.36. The van der Waals surface area contributed by atoms with Gasteiger partial charge in [0.1, 0.15) is 17.3 Å². The maximum absolute atomic E-state index is 13.1. The smallest absolute Gasteiger partial charge is 0.277 e. The van der Waals surface area contributed by atoms with Crippen LogP contribution in [0.4, 0.5) is 11.5 Å². The first-order chi connectivity index (χ1) is 12.2. The van der Waals surface area contributed by atoms with Crippen molar-refractivity contribution < 1.29 is 4.79 Å². The van der Waals surface area contributed by atoms with E-state index in [9.17, 15) is 4.79 Å². The molecule has 1 aliphatic heterocycles. The Morgan fingerprint density at radius 1 is 1.16 bits per heavy atom. The van der Waals surface area contributed by atoms with Gasteiger partial charge in [-0.3, -0.25) is 4.79 Å². The van der Waals surface area contributed by atoms with Gasteiger partial charge in [0.2, 0.25) is 0 Å². The van der Waals surface area contributed by atoms with Crippen molar-refractivity contribution in [1.29, 1.82) is 0 Å². The summed E-state index contributed by atoms with van der Waals surface area (Å²) in [7, 11) is 0. The Morgan fingerprint density at radius 2 is 1.96 bits per heavy atom. The summed E-state index contributed by atoms with van der Waals surface area (Å²) in [6.45, 7) is 2.59. The summed E-state index contributed by atoms with van der Waals surface area (Å²) in [5.74, 6) is 1.37. The van der Waals surface area contributed by atoms with Crippen LogP contribution in [0.1, 0.15) is 54.0 Å². The van der Waals surface area contributed by atoms with Crippen LogP contribution in [0.25, 0.3) is 0 Å². The van der Waals surface area contributed by atoms with E-state index in [4.69, 9.17) is 0 Å². The van der Waals surface area contributed by atoms with Crippen molar-refractivity contribution >= 4 is 17.4 Å². The van der Waals surface area contributed by atoms with Gasteiger partial charge in [0.15, 0.2) is 0 Å². The van der Waals surface area contributed by atoms with Crippen molar-refractivity contribution in [2.75, 3.05) is 16.8 Å². The highest BCUT2D eigenvalue weighted by Crippen LogP contribution is 2.28. The zero-order valence-corrected chi connectivity index (χ0v) is 14.7. The van der Waals surface area contributed by atoms with Gasteiger partial charge in [-0.2, -0.15) is 0 Å². The molecule has 0 saturated heterocycles. The Morgan fingerprint density at radius 3 is 2.80 bits per heavy atom. The lowest BCUT2D eigenvalue weighted by Crippen LogP contribution is -2.36. The molecule has 0 unspecified atom stereocenters. The van der Waals surface area contributed by atoms with Crippen LogP contribution in [0.3, 0.4) is 0 Å². The fourth-order valence-corrected chi connectivity index (χ4v) is 3.91. The number of amides is 1. The van der Waals surface area contributed by atoms with E-state index in [0.29, 0.717) is 17.6 Å². The maximum atomic E-state index is 13.1. The summed E-state index contributed by atoms with van der Waals surface area (Å²) >= 11 is 0. The van der Waals surface area contributed by atoms with E-state index in [2.05, 4.69) is 21.4 Å². The van der Waals surface area contributed by atoms with Crippen LogP contribution >= 0.6 is 0 Å². The molecule has 130 valence electrons. The van der Waals surface area contributed by atoms with Gasteiger partial charge in [0.05, 0.1) is 0 Å². The van der Waals surface area contributed by atoms with Gasteiger partial charge in [-0.05, 0) is 44.2 Å². The highest BCUT2D eigenvalue weighted by atomic mass is 16.2. The number of rotatable bonds is 3. The molecule has 4 rings (SSSR count). The largest absolute Gasteiger partial charge is 0.367 e. The average Bonchev–Trinajstić information content (AvgIpc) is 3.13. The topological polar surface area (TPSA) is 58.1 Å². The number of nitrogens with one attached hydrogen (secondary N) is 1. The molecule has 5 heteroatoms. The maximum Gasteiger partial charge on any atom is 0.277 e. The molecule has 1 aromatic heterocycles. The van der Waals surface area contributed by atoms with E-state index < -0.39 is 0 Å². The quantitative estimate of drug-likeness (QED) is 0.928. The van der Waals surface area contributed by atoms with Gasteiger partial charge in [0.25, 0.3) is 5.91 Å². The summed E-state index contributed by atoms with van der Waals surface area (Å²) < 4.78 is 0. The molecule has 5 nitrogen and oxygen atoms in total. The number of aromatic nitrogens is 2. The summed E-state index contributed by atoms with van der Waals surface area (Å²) in [6.07, 6.45) is 6.88. The molecule has 2 aliphatic rings. The molecule has 0 atom stereocenters. The normalized spacial score (nSPS) is 17.4. The van der Waals surface area contributed by atoms with Crippen LogP contribution in [0, 0.1) is 6.92 Å². The second-order valence-corrected chi connectivity index (χ2v) is 7.00. The fourth-order valence-electron chi connectivity index (χ4n) is 3.91. The van der Waals surface area contributed by atoms with Crippen LogP contribution < -0.4 is 10.2 Å². The molecule has 1 amide bonds. The standard InChI is InChI=1S/C20H24N4O/c1-14-21-17(13-19(22-14)23-16-9-3-4-10-16)20(25)24-12-6-8-15-7-2-5-11-18(15)24/h2,5,7,11,13,16H,3-4,6,8-10,12H2,1H3,(H,21,22,23). The summed E-state index contributed by atoms with van der Waals surface area (Å²) in [4.78, 5) is 23.9. The second kappa shape index (κ2) is 6.82. The van der Waals surface area contributed by atoms with Gasteiger partial charge < -0.3 is 10.2 Å². The number of carbonyl (C=O) groups is 1. The third-order valence-electron chi connectivity index (χ3n) is 5.12. The second-order valence-electron chi connectivity index (χ2n) is 7.00. The van der Waals surface area contributed by atoms with Gasteiger partial charge in [0, 0.05) is 24.3 Å². The molecule has 2 aromatic rings. The first kappa shape index (κ1) is 16.1. The van der Waals surface area contributed by atoms with E-state index in [1.165, 1.54) is 31.2 Å². The number of carbonyl (C=O) groups excluding carboxylic acids is 1.